The van der Waals surface area contributed by atoms with E-state index in [4.69, 9.17) is 21.1 Å². The van der Waals surface area contributed by atoms with Gasteiger partial charge in [-0.15, -0.1) is 11.3 Å². The summed E-state index contributed by atoms with van der Waals surface area (Å²) < 4.78 is 11.0. The summed E-state index contributed by atoms with van der Waals surface area (Å²) in [6.45, 7) is 4.56. The molecule has 6 heteroatoms. The van der Waals surface area contributed by atoms with E-state index in [2.05, 4.69) is 9.97 Å². The maximum absolute atomic E-state index is 5.86. The summed E-state index contributed by atoms with van der Waals surface area (Å²) in [6.07, 6.45) is 0.775. The lowest BCUT2D eigenvalue weighted by Gasteiger charge is -2.22. The Hall–Kier alpha value is -0.910. The van der Waals surface area contributed by atoms with Gasteiger partial charge in [0, 0.05) is 13.5 Å². The van der Waals surface area contributed by atoms with Gasteiger partial charge in [0.1, 0.15) is 4.83 Å². The molecule has 0 aliphatic heterocycles. The molecule has 0 bridgehead atoms. The molecule has 2 rings (SSSR count). The SMILES string of the molecule is COC(C)(C)CCOc1nc(Cl)nc2sccc12. The van der Waals surface area contributed by atoms with Crippen LogP contribution in [0, 0.1) is 0 Å². The highest BCUT2D eigenvalue weighted by Crippen LogP contribution is 2.28. The molecule has 2 aromatic heterocycles. The minimum absolute atomic E-state index is 0.204. The average molecular weight is 287 g/mol. The van der Waals surface area contributed by atoms with Gasteiger partial charge in [-0.25, -0.2) is 4.98 Å². The highest BCUT2D eigenvalue weighted by Gasteiger charge is 2.17. The van der Waals surface area contributed by atoms with Crippen LogP contribution in [0.1, 0.15) is 20.3 Å². The van der Waals surface area contributed by atoms with Crippen molar-refractivity contribution in [2.75, 3.05) is 13.7 Å². The van der Waals surface area contributed by atoms with E-state index in [1.54, 1.807) is 7.11 Å². The van der Waals surface area contributed by atoms with Crippen LogP contribution in [0.2, 0.25) is 5.28 Å². The Morgan fingerprint density at radius 3 is 2.89 bits per heavy atom. The number of hydrogen-bond donors (Lipinski definition) is 0. The second-order valence-corrected chi connectivity index (χ2v) is 5.73. The maximum Gasteiger partial charge on any atom is 0.227 e. The quantitative estimate of drug-likeness (QED) is 0.789. The number of halogens is 1. The van der Waals surface area contributed by atoms with Crippen LogP contribution in [0.15, 0.2) is 11.4 Å². The van der Waals surface area contributed by atoms with E-state index in [-0.39, 0.29) is 10.9 Å². The van der Waals surface area contributed by atoms with Crippen molar-refractivity contribution in [3.8, 4) is 5.88 Å². The van der Waals surface area contributed by atoms with Gasteiger partial charge in [0.05, 0.1) is 17.6 Å². The Morgan fingerprint density at radius 1 is 1.39 bits per heavy atom. The number of rotatable bonds is 5. The van der Waals surface area contributed by atoms with Gasteiger partial charge in [0.2, 0.25) is 11.2 Å². The van der Waals surface area contributed by atoms with Crippen LogP contribution in [0.3, 0.4) is 0 Å². The van der Waals surface area contributed by atoms with Crippen molar-refractivity contribution >= 4 is 33.2 Å². The Labute approximate surface area is 115 Å². The molecule has 0 unspecified atom stereocenters. The molecular weight excluding hydrogens is 272 g/mol. The lowest BCUT2D eigenvalue weighted by atomic mass is 10.1. The first-order valence-corrected chi connectivity index (χ1v) is 6.86. The van der Waals surface area contributed by atoms with Gasteiger partial charge in [-0.3, -0.25) is 0 Å². The van der Waals surface area contributed by atoms with Crippen molar-refractivity contribution < 1.29 is 9.47 Å². The predicted octanol–water partition coefficient (Wildman–Crippen LogP) is 3.54. The average Bonchev–Trinajstić information content (AvgIpc) is 2.76. The molecule has 2 heterocycles. The smallest absolute Gasteiger partial charge is 0.227 e. The fourth-order valence-electron chi connectivity index (χ4n) is 1.41. The van der Waals surface area contributed by atoms with Gasteiger partial charge in [-0.1, -0.05) is 0 Å². The third kappa shape index (κ3) is 3.10. The molecule has 0 aromatic carbocycles. The molecule has 0 radical (unpaired) electrons. The second kappa shape index (κ2) is 5.38. The molecule has 0 aliphatic rings. The molecule has 0 fully saturated rings. The molecule has 2 aromatic rings. The van der Waals surface area contributed by atoms with Crippen LogP contribution in [0.25, 0.3) is 10.2 Å². The highest BCUT2D eigenvalue weighted by molar-refractivity contribution is 7.16. The zero-order chi connectivity index (χ0) is 13.2. The number of methoxy groups -OCH3 is 1. The van der Waals surface area contributed by atoms with Gasteiger partial charge >= 0.3 is 0 Å². The number of ether oxygens (including phenoxy) is 2. The van der Waals surface area contributed by atoms with Crippen LogP contribution in [0.5, 0.6) is 5.88 Å². The summed E-state index contributed by atoms with van der Waals surface area (Å²) in [6, 6.07) is 1.94. The van der Waals surface area contributed by atoms with Gasteiger partial charge in [-0.05, 0) is 36.9 Å². The number of thiophene rings is 1. The van der Waals surface area contributed by atoms with E-state index < -0.39 is 0 Å². The molecule has 0 spiro atoms. The molecule has 18 heavy (non-hydrogen) atoms. The lowest BCUT2D eigenvalue weighted by molar-refractivity contribution is 0.00522. The van der Waals surface area contributed by atoms with Gasteiger partial charge < -0.3 is 9.47 Å². The standard InChI is InChI=1S/C12H15ClN2O2S/c1-12(2,16-3)5-6-17-9-8-4-7-18-10(8)15-11(13)14-9/h4,7H,5-6H2,1-3H3. The topological polar surface area (TPSA) is 44.2 Å². The number of aromatic nitrogens is 2. The monoisotopic (exact) mass is 286 g/mol. The van der Waals surface area contributed by atoms with E-state index >= 15 is 0 Å². The zero-order valence-corrected chi connectivity index (χ0v) is 12.1. The molecule has 0 atom stereocenters. The van der Waals surface area contributed by atoms with E-state index in [0.29, 0.717) is 12.5 Å². The molecule has 0 amide bonds. The molecule has 0 saturated heterocycles. The summed E-state index contributed by atoms with van der Waals surface area (Å²) in [5, 5.41) is 3.06. The van der Waals surface area contributed by atoms with Crippen LogP contribution in [-0.2, 0) is 4.74 Å². The van der Waals surface area contributed by atoms with Gasteiger partial charge in [-0.2, -0.15) is 4.98 Å². The fraction of sp³-hybridized carbons (Fsp3) is 0.500. The largest absolute Gasteiger partial charge is 0.477 e. The van der Waals surface area contributed by atoms with Gasteiger partial charge in [0.15, 0.2) is 0 Å². The van der Waals surface area contributed by atoms with E-state index in [9.17, 15) is 0 Å². The third-order valence-corrected chi connectivity index (χ3v) is 3.73. The summed E-state index contributed by atoms with van der Waals surface area (Å²) >= 11 is 7.38. The maximum atomic E-state index is 5.86. The van der Waals surface area contributed by atoms with Crippen molar-refractivity contribution in [2.45, 2.75) is 25.9 Å². The van der Waals surface area contributed by atoms with Crippen molar-refractivity contribution in [1.82, 2.24) is 9.97 Å². The minimum atomic E-state index is -0.204. The molecule has 4 nitrogen and oxygen atoms in total. The number of fused-ring (bicyclic) bond motifs is 1. The van der Waals surface area contributed by atoms with Crippen molar-refractivity contribution in [3.05, 3.63) is 16.7 Å². The Morgan fingerprint density at radius 2 is 2.17 bits per heavy atom. The van der Waals surface area contributed by atoms with Gasteiger partial charge in [0.25, 0.3) is 0 Å². The highest BCUT2D eigenvalue weighted by atomic mass is 35.5. The molecule has 0 N–H and O–H groups in total. The second-order valence-electron chi connectivity index (χ2n) is 4.50. The Bertz CT molecular complexity index is 542. The summed E-state index contributed by atoms with van der Waals surface area (Å²) in [7, 11) is 1.69. The first kappa shape index (κ1) is 13.5. The Balaban J connectivity index is 2.10. The number of nitrogens with zero attached hydrogens (tertiary/aromatic N) is 2. The van der Waals surface area contributed by atoms with Crippen LogP contribution < -0.4 is 4.74 Å². The van der Waals surface area contributed by atoms with Crippen molar-refractivity contribution in [2.24, 2.45) is 0 Å². The van der Waals surface area contributed by atoms with E-state index in [1.807, 2.05) is 25.3 Å². The Kier molecular flexibility index (Phi) is 4.04. The predicted molar refractivity (Wildman–Crippen MR) is 73.6 cm³/mol. The lowest BCUT2D eigenvalue weighted by Crippen LogP contribution is -2.25. The fourth-order valence-corrected chi connectivity index (χ4v) is 2.37. The van der Waals surface area contributed by atoms with Crippen LogP contribution >= 0.6 is 22.9 Å². The normalized spacial score (nSPS) is 12.0. The van der Waals surface area contributed by atoms with Crippen molar-refractivity contribution in [1.29, 1.82) is 0 Å². The van der Waals surface area contributed by atoms with Crippen LogP contribution in [0.4, 0.5) is 0 Å². The molecule has 0 saturated carbocycles. The summed E-state index contributed by atoms with van der Waals surface area (Å²) in [4.78, 5) is 9.10. The van der Waals surface area contributed by atoms with E-state index in [0.717, 1.165) is 16.6 Å². The molecule has 98 valence electrons. The molecule has 0 aliphatic carbocycles. The first-order valence-electron chi connectivity index (χ1n) is 5.60. The number of hydrogen-bond acceptors (Lipinski definition) is 5. The minimum Gasteiger partial charge on any atom is -0.477 e. The summed E-state index contributed by atoms with van der Waals surface area (Å²) in [5.74, 6) is 0.540. The van der Waals surface area contributed by atoms with Crippen LogP contribution in [-0.4, -0.2) is 29.3 Å². The molecular formula is C12H15ClN2O2S. The first-order chi connectivity index (χ1) is 8.52. The van der Waals surface area contributed by atoms with Crippen molar-refractivity contribution in [3.63, 3.8) is 0 Å². The van der Waals surface area contributed by atoms with E-state index in [1.165, 1.54) is 11.3 Å². The zero-order valence-electron chi connectivity index (χ0n) is 10.6. The third-order valence-electron chi connectivity index (χ3n) is 2.76. The summed E-state index contributed by atoms with van der Waals surface area (Å²) in [5.41, 5.74) is -0.204.